The molecule has 29 heavy (non-hydrogen) atoms. The van der Waals surface area contributed by atoms with Crippen LogP contribution in [0.1, 0.15) is 22.8 Å². The third-order valence-electron chi connectivity index (χ3n) is 4.61. The molecule has 0 bridgehead atoms. The number of amides is 1. The van der Waals surface area contributed by atoms with Crippen LogP contribution in [-0.4, -0.2) is 57.6 Å². The Morgan fingerprint density at radius 2 is 1.86 bits per heavy atom. The van der Waals surface area contributed by atoms with E-state index in [-0.39, 0.29) is 10.8 Å². The molecule has 1 aromatic heterocycles. The number of thiazole rings is 1. The highest BCUT2D eigenvalue weighted by Crippen LogP contribution is 2.31. The summed E-state index contributed by atoms with van der Waals surface area (Å²) in [5.74, 6) is -0.257. The summed E-state index contributed by atoms with van der Waals surface area (Å²) in [6.45, 7) is 3.22. The Balaban J connectivity index is 2.02. The largest absolute Gasteiger partial charge is 0.308 e. The summed E-state index contributed by atoms with van der Waals surface area (Å²) in [6, 6.07) is 12.3. The van der Waals surface area contributed by atoms with Crippen molar-refractivity contribution in [2.75, 3.05) is 38.3 Å². The van der Waals surface area contributed by atoms with Crippen LogP contribution in [0.4, 0.5) is 5.13 Å². The van der Waals surface area contributed by atoms with E-state index in [0.717, 1.165) is 22.9 Å². The number of nitrogens with zero attached hydrogens (tertiary/aromatic N) is 3. The summed E-state index contributed by atoms with van der Waals surface area (Å²) in [6.07, 6.45) is 2.07. The Hall–Kier alpha value is -2.29. The van der Waals surface area contributed by atoms with E-state index in [1.165, 1.54) is 29.0 Å². The van der Waals surface area contributed by atoms with Crippen LogP contribution < -0.4 is 4.90 Å². The molecule has 0 unspecified atom stereocenters. The van der Waals surface area contributed by atoms with E-state index in [0.29, 0.717) is 23.8 Å². The summed E-state index contributed by atoms with van der Waals surface area (Å²) in [7, 11) is 0.491. The molecule has 3 rings (SSSR count). The van der Waals surface area contributed by atoms with E-state index >= 15 is 0 Å². The maximum absolute atomic E-state index is 13.3. The van der Waals surface area contributed by atoms with E-state index < -0.39 is 9.84 Å². The number of hydrogen-bond acceptors (Lipinski definition) is 6. The zero-order valence-corrected chi connectivity index (χ0v) is 18.7. The number of benzene rings is 2. The van der Waals surface area contributed by atoms with E-state index in [9.17, 15) is 13.2 Å². The van der Waals surface area contributed by atoms with Crippen molar-refractivity contribution < 1.29 is 13.2 Å². The molecule has 0 atom stereocenters. The first kappa shape index (κ1) is 21.4. The molecule has 0 saturated heterocycles. The molecule has 1 amide bonds. The van der Waals surface area contributed by atoms with Crippen molar-refractivity contribution in [1.29, 1.82) is 0 Å². The Morgan fingerprint density at radius 1 is 1.10 bits per heavy atom. The molecule has 1 heterocycles. The van der Waals surface area contributed by atoms with Gasteiger partial charge in [-0.15, -0.1) is 0 Å². The normalized spacial score (nSPS) is 11.9. The van der Waals surface area contributed by atoms with Crippen LogP contribution in [0.15, 0.2) is 47.4 Å². The molecule has 154 valence electrons. The highest BCUT2D eigenvalue weighted by molar-refractivity contribution is 7.90. The van der Waals surface area contributed by atoms with Crippen molar-refractivity contribution >= 4 is 42.4 Å². The topological polar surface area (TPSA) is 70.6 Å². The minimum Gasteiger partial charge on any atom is -0.308 e. The number of carbonyl (C=O) groups is 1. The number of aryl methyl sites for hydroxylation is 1. The first-order chi connectivity index (χ1) is 13.7. The molecule has 8 heteroatoms. The predicted octanol–water partition coefficient (Wildman–Crippen LogP) is 3.47. The fourth-order valence-corrected chi connectivity index (χ4v) is 4.61. The lowest BCUT2D eigenvalue weighted by Gasteiger charge is -2.22. The van der Waals surface area contributed by atoms with Crippen molar-refractivity contribution in [3.05, 3.63) is 53.6 Å². The quantitative estimate of drug-likeness (QED) is 0.573. The van der Waals surface area contributed by atoms with Crippen molar-refractivity contribution in [3.63, 3.8) is 0 Å². The SMILES string of the molecule is CCc1ccc2nc(N(CCN(C)C)C(=O)c3cccc(S(C)(=O)=O)c3)sc2c1. The van der Waals surface area contributed by atoms with E-state index in [2.05, 4.69) is 18.0 Å². The third-order valence-corrected chi connectivity index (χ3v) is 6.76. The molecule has 6 nitrogen and oxygen atoms in total. The number of hydrogen-bond donors (Lipinski definition) is 0. The summed E-state index contributed by atoms with van der Waals surface area (Å²) >= 11 is 1.48. The standard InChI is InChI=1S/C21H25N3O3S2/c1-5-15-9-10-18-19(13-15)28-21(22-18)24(12-11-23(2)3)20(25)16-7-6-8-17(14-16)29(4,26)27/h6-10,13-14H,5,11-12H2,1-4H3. The molecule has 3 aromatic rings. The van der Waals surface area contributed by atoms with Crippen LogP contribution in [0.2, 0.25) is 0 Å². The Bertz CT molecular complexity index is 1140. The molecule has 2 aromatic carbocycles. The number of anilines is 1. The van der Waals surface area contributed by atoms with Gasteiger partial charge in [-0.1, -0.05) is 30.4 Å². The Kier molecular flexibility index (Phi) is 6.36. The highest BCUT2D eigenvalue weighted by Gasteiger charge is 2.22. The minimum atomic E-state index is -3.40. The summed E-state index contributed by atoms with van der Waals surface area (Å²) in [5, 5.41) is 0.616. The molecular weight excluding hydrogens is 406 g/mol. The van der Waals surface area contributed by atoms with Crippen LogP contribution in [0.3, 0.4) is 0 Å². The van der Waals surface area contributed by atoms with Gasteiger partial charge < -0.3 is 4.90 Å². The molecule has 0 aliphatic heterocycles. The van der Waals surface area contributed by atoms with Crippen molar-refractivity contribution in [1.82, 2.24) is 9.88 Å². The van der Waals surface area contributed by atoms with Gasteiger partial charge in [0.25, 0.3) is 5.91 Å². The Labute approximate surface area is 175 Å². The monoisotopic (exact) mass is 431 g/mol. The zero-order valence-electron chi connectivity index (χ0n) is 17.0. The van der Waals surface area contributed by atoms with Crippen LogP contribution in [0, 0.1) is 0 Å². The lowest BCUT2D eigenvalue weighted by molar-refractivity contribution is 0.0985. The molecular formula is C21H25N3O3S2. The van der Waals surface area contributed by atoms with Gasteiger partial charge in [0.1, 0.15) is 0 Å². The number of aromatic nitrogens is 1. The molecule has 0 fully saturated rings. The number of fused-ring (bicyclic) bond motifs is 1. The zero-order chi connectivity index (χ0) is 21.2. The molecule has 0 radical (unpaired) electrons. The van der Waals surface area contributed by atoms with Gasteiger partial charge in [0, 0.05) is 24.9 Å². The lowest BCUT2D eigenvalue weighted by atomic mass is 10.2. The average Bonchev–Trinajstić information content (AvgIpc) is 3.09. The van der Waals surface area contributed by atoms with E-state index in [1.807, 2.05) is 31.1 Å². The number of sulfone groups is 1. The van der Waals surface area contributed by atoms with Crippen molar-refractivity contribution in [2.24, 2.45) is 0 Å². The number of rotatable bonds is 7. The number of carbonyl (C=O) groups excluding carboxylic acids is 1. The second-order valence-corrected chi connectivity index (χ2v) is 10.2. The molecule has 0 aliphatic carbocycles. The summed E-state index contributed by atoms with van der Waals surface area (Å²) in [5.41, 5.74) is 2.41. The first-order valence-electron chi connectivity index (χ1n) is 9.35. The van der Waals surface area contributed by atoms with Gasteiger partial charge in [-0.05, 0) is 56.4 Å². The van der Waals surface area contributed by atoms with Gasteiger partial charge >= 0.3 is 0 Å². The molecule has 0 aliphatic rings. The van der Waals surface area contributed by atoms with Crippen LogP contribution in [0.5, 0.6) is 0 Å². The highest BCUT2D eigenvalue weighted by atomic mass is 32.2. The van der Waals surface area contributed by atoms with Crippen molar-refractivity contribution in [3.8, 4) is 0 Å². The number of likely N-dealkylation sites (N-methyl/N-ethyl adjacent to an activating group) is 1. The fourth-order valence-electron chi connectivity index (χ4n) is 2.89. The predicted molar refractivity (Wildman–Crippen MR) is 119 cm³/mol. The maximum Gasteiger partial charge on any atom is 0.260 e. The van der Waals surface area contributed by atoms with E-state index in [1.54, 1.807) is 17.0 Å². The Morgan fingerprint density at radius 3 is 2.52 bits per heavy atom. The fraction of sp³-hybridized carbons (Fsp3) is 0.333. The van der Waals surface area contributed by atoms with Crippen LogP contribution in [0.25, 0.3) is 10.2 Å². The molecule has 0 N–H and O–H groups in total. The second kappa shape index (κ2) is 8.61. The van der Waals surface area contributed by atoms with Gasteiger partial charge in [-0.25, -0.2) is 13.4 Å². The van der Waals surface area contributed by atoms with Gasteiger partial charge in [0.2, 0.25) is 0 Å². The summed E-state index contributed by atoms with van der Waals surface area (Å²) in [4.78, 5) is 21.8. The molecule has 0 spiro atoms. The second-order valence-electron chi connectivity index (χ2n) is 7.21. The van der Waals surface area contributed by atoms with Gasteiger partial charge in [0.15, 0.2) is 15.0 Å². The van der Waals surface area contributed by atoms with Crippen LogP contribution in [-0.2, 0) is 16.3 Å². The van der Waals surface area contributed by atoms with Gasteiger partial charge in [-0.3, -0.25) is 9.69 Å². The minimum absolute atomic E-state index is 0.132. The van der Waals surface area contributed by atoms with Gasteiger partial charge in [0.05, 0.1) is 15.1 Å². The van der Waals surface area contributed by atoms with Gasteiger partial charge in [-0.2, -0.15) is 0 Å². The first-order valence-corrected chi connectivity index (χ1v) is 12.1. The third kappa shape index (κ3) is 5.01. The van der Waals surface area contributed by atoms with Crippen molar-refractivity contribution in [2.45, 2.75) is 18.2 Å². The maximum atomic E-state index is 13.3. The smallest absolute Gasteiger partial charge is 0.260 e. The lowest BCUT2D eigenvalue weighted by Crippen LogP contribution is -2.36. The van der Waals surface area contributed by atoms with E-state index in [4.69, 9.17) is 0 Å². The summed E-state index contributed by atoms with van der Waals surface area (Å²) < 4.78 is 24.8. The average molecular weight is 432 g/mol. The molecule has 0 saturated carbocycles. The van der Waals surface area contributed by atoms with Crippen LogP contribution >= 0.6 is 11.3 Å².